The van der Waals surface area contributed by atoms with Crippen LogP contribution in [0.25, 0.3) is 0 Å². The SMILES string of the molecule is COc1ccc(C(=O)N(Cc2cc(NC(=O)c3ccc(C(C)(C)C)cc3)ccc2Cl)C2CCCCC2N)cc1. The van der Waals surface area contributed by atoms with Gasteiger partial charge in [-0.15, -0.1) is 0 Å². The van der Waals surface area contributed by atoms with E-state index in [1.807, 2.05) is 35.2 Å². The summed E-state index contributed by atoms with van der Waals surface area (Å²) in [5.41, 5.74) is 10.2. The summed E-state index contributed by atoms with van der Waals surface area (Å²) < 4.78 is 5.25. The van der Waals surface area contributed by atoms with E-state index in [2.05, 4.69) is 26.1 Å². The number of carbonyl (C=O) groups is 2. The van der Waals surface area contributed by atoms with Gasteiger partial charge in [0.1, 0.15) is 5.75 Å². The van der Waals surface area contributed by atoms with Gasteiger partial charge in [-0.2, -0.15) is 0 Å². The molecular weight excluding hydrogens is 510 g/mol. The van der Waals surface area contributed by atoms with Gasteiger partial charge in [-0.1, -0.05) is 57.3 Å². The van der Waals surface area contributed by atoms with Crippen molar-refractivity contribution in [2.24, 2.45) is 5.73 Å². The van der Waals surface area contributed by atoms with Gasteiger partial charge in [0, 0.05) is 40.5 Å². The largest absolute Gasteiger partial charge is 0.497 e. The molecule has 206 valence electrons. The molecule has 1 aliphatic carbocycles. The van der Waals surface area contributed by atoms with E-state index >= 15 is 0 Å². The molecule has 2 atom stereocenters. The van der Waals surface area contributed by atoms with Gasteiger partial charge < -0.3 is 20.7 Å². The Kier molecular flexibility index (Phi) is 8.98. The van der Waals surface area contributed by atoms with Gasteiger partial charge in [0.2, 0.25) is 0 Å². The van der Waals surface area contributed by atoms with Crippen LogP contribution in [0, 0.1) is 0 Å². The quantitative estimate of drug-likeness (QED) is 0.340. The molecule has 1 saturated carbocycles. The van der Waals surface area contributed by atoms with Gasteiger partial charge in [0.15, 0.2) is 0 Å². The van der Waals surface area contributed by atoms with Crippen LogP contribution < -0.4 is 15.8 Å². The molecule has 1 fully saturated rings. The number of amides is 2. The molecule has 6 nitrogen and oxygen atoms in total. The fourth-order valence-electron chi connectivity index (χ4n) is 5.05. The number of anilines is 1. The van der Waals surface area contributed by atoms with Crippen LogP contribution in [-0.2, 0) is 12.0 Å². The Morgan fingerprint density at radius 2 is 1.62 bits per heavy atom. The van der Waals surface area contributed by atoms with Crippen molar-refractivity contribution in [1.82, 2.24) is 4.90 Å². The fourth-order valence-corrected chi connectivity index (χ4v) is 5.23. The second-order valence-corrected chi connectivity index (χ2v) is 11.7. The summed E-state index contributed by atoms with van der Waals surface area (Å²) in [5.74, 6) is 0.376. The lowest BCUT2D eigenvalue weighted by Gasteiger charge is -2.38. The molecule has 2 unspecified atom stereocenters. The first kappa shape index (κ1) is 28.7. The molecule has 0 heterocycles. The zero-order chi connectivity index (χ0) is 28.2. The number of nitrogens with zero attached hydrogens (tertiary/aromatic N) is 1. The maximum absolute atomic E-state index is 13.8. The molecule has 0 spiro atoms. The Hall–Kier alpha value is -3.35. The Labute approximate surface area is 236 Å². The molecule has 1 aliphatic rings. The van der Waals surface area contributed by atoms with E-state index in [4.69, 9.17) is 22.1 Å². The Bertz CT molecular complexity index is 1300. The number of ether oxygens (including phenoxy) is 1. The van der Waals surface area contributed by atoms with Crippen LogP contribution in [0.4, 0.5) is 5.69 Å². The number of hydrogen-bond donors (Lipinski definition) is 2. The van der Waals surface area contributed by atoms with Gasteiger partial charge in [0.05, 0.1) is 7.11 Å². The number of methoxy groups -OCH3 is 1. The number of nitrogens with two attached hydrogens (primary N) is 1. The van der Waals surface area contributed by atoms with Crippen molar-refractivity contribution >= 4 is 29.1 Å². The number of halogens is 1. The average molecular weight is 548 g/mol. The number of hydrogen-bond acceptors (Lipinski definition) is 4. The Balaban J connectivity index is 1.57. The molecule has 4 rings (SSSR count). The summed E-state index contributed by atoms with van der Waals surface area (Å²) in [5, 5.41) is 3.51. The van der Waals surface area contributed by atoms with Crippen LogP contribution in [0.5, 0.6) is 5.75 Å². The van der Waals surface area contributed by atoms with Crippen molar-refractivity contribution in [2.75, 3.05) is 12.4 Å². The minimum Gasteiger partial charge on any atom is -0.497 e. The first-order chi connectivity index (χ1) is 18.6. The standard InChI is InChI=1S/C32H38ClN3O3/c1-32(2,3)24-13-9-21(10-14-24)30(37)35-25-15-18-27(33)23(19-25)20-36(29-8-6-5-7-28(29)34)31(38)22-11-16-26(39-4)17-12-22/h9-19,28-29H,5-8,20,34H2,1-4H3,(H,35,37). The summed E-state index contributed by atoms with van der Waals surface area (Å²) in [6.07, 6.45) is 3.78. The highest BCUT2D eigenvalue weighted by molar-refractivity contribution is 6.31. The van der Waals surface area contributed by atoms with Crippen LogP contribution in [0.3, 0.4) is 0 Å². The summed E-state index contributed by atoms with van der Waals surface area (Å²) in [6.45, 7) is 6.70. The number of rotatable bonds is 7. The summed E-state index contributed by atoms with van der Waals surface area (Å²) >= 11 is 6.62. The topological polar surface area (TPSA) is 84.7 Å². The zero-order valence-corrected chi connectivity index (χ0v) is 23.9. The van der Waals surface area contributed by atoms with Crippen molar-refractivity contribution in [3.63, 3.8) is 0 Å². The van der Waals surface area contributed by atoms with Crippen molar-refractivity contribution in [3.8, 4) is 5.75 Å². The summed E-state index contributed by atoms with van der Waals surface area (Å²) in [4.78, 5) is 28.6. The zero-order valence-electron chi connectivity index (χ0n) is 23.2. The van der Waals surface area contributed by atoms with E-state index in [-0.39, 0.29) is 35.9 Å². The monoisotopic (exact) mass is 547 g/mol. The first-order valence-electron chi connectivity index (χ1n) is 13.5. The van der Waals surface area contributed by atoms with Crippen LogP contribution in [0.2, 0.25) is 5.02 Å². The van der Waals surface area contributed by atoms with E-state index in [1.54, 1.807) is 43.5 Å². The molecule has 0 radical (unpaired) electrons. The second-order valence-electron chi connectivity index (χ2n) is 11.3. The van der Waals surface area contributed by atoms with Gasteiger partial charge in [-0.05, 0) is 84.0 Å². The normalized spacial score (nSPS) is 17.4. The first-order valence-corrected chi connectivity index (χ1v) is 13.9. The number of benzene rings is 3. The van der Waals surface area contributed by atoms with Gasteiger partial charge >= 0.3 is 0 Å². The van der Waals surface area contributed by atoms with Crippen LogP contribution in [0.1, 0.15) is 78.3 Å². The number of carbonyl (C=O) groups excluding carboxylic acids is 2. The molecule has 3 aromatic carbocycles. The van der Waals surface area contributed by atoms with Gasteiger partial charge in [-0.3, -0.25) is 9.59 Å². The lowest BCUT2D eigenvalue weighted by atomic mass is 9.87. The minimum atomic E-state index is -0.204. The molecule has 0 saturated heterocycles. The Morgan fingerprint density at radius 3 is 2.23 bits per heavy atom. The highest BCUT2D eigenvalue weighted by Crippen LogP contribution is 2.29. The highest BCUT2D eigenvalue weighted by Gasteiger charge is 2.32. The molecule has 0 aromatic heterocycles. The molecule has 0 bridgehead atoms. The van der Waals surface area contributed by atoms with E-state index < -0.39 is 0 Å². The predicted octanol–water partition coefficient (Wildman–Crippen LogP) is 6.81. The molecular formula is C32H38ClN3O3. The smallest absolute Gasteiger partial charge is 0.255 e. The molecule has 3 aromatic rings. The molecule has 39 heavy (non-hydrogen) atoms. The lowest BCUT2D eigenvalue weighted by Crippen LogP contribution is -2.51. The third kappa shape index (κ3) is 7.00. The summed E-state index contributed by atoms with van der Waals surface area (Å²) in [6, 6.07) is 19.9. The third-order valence-electron chi connectivity index (χ3n) is 7.44. The predicted molar refractivity (Wildman–Crippen MR) is 158 cm³/mol. The van der Waals surface area contributed by atoms with E-state index in [9.17, 15) is 9.59 Å². The highest BCUT2D eigenvalue weighted by atomic mass is 35.5. The molecule has 7 heteroatoms. The lowest BCUT2D eigenvalue weighted by molar-refractivity contribution is 0.0583. The fraction of sp³-hybridized carbons (Fsp3) is 0.375. The van der Waals surface area contributed by atoms with Crippen molar-refractivity contribution in [2.45, 2.75) is 70.5 Å². The van der Waals surface area contributed by atoms with Crippen molar-refractivity contribution < 1.29 is 14.3 Å². The van der Waals surface area contributed by atoms with Crippen LogP contribution in [-0.4, -0.2) is 35.9 Å². The number of nitrogens with one attached hydrogen (secondary N) is 1. The van der Waals surface area contributed by atoms with E-state index in [0.717, 1.165) is 36.8 Å². The van der Waals surface area contributed by atoms with Gasteiger partial charge in [0.25, 0.3) is 11.8 Å². The average Bonchev–Trinajstić information content (AvgIpc) is 2.93. The molecule has 2 amide bonds. The van der Waals surface area contributed by atoms with E-state index in [1.165, 1.54) is 0 Å². The maximum atomic E-state index is 13.8. The van der Waals surface area contributed by atoms with Gasteiger partial charge in [-0.25, -0.2) is 0 Å². The van der Waals surface area contributed by atoms with Crippen molar-refractivity contribution in [1.29, 1.82) is 0 Å². The second kappa shape index (κ2) is 12.2. The van der Waals surface area contributed by atoms with Crippen LogP contribution in [0.15, 0.2) is 66.7 Å². The van der Waals surface area contributed by atoms with Crippen LogP contribution >= 0.6 is 11.6 Å². The third-order valence-corrected chi connectivity index (χ3v) is 7.81. The summed E-state index contributed by atoms with van der Waals surface area (Å²) in [7, 11) is 1.60. The Morgan fingerprint density at radius 1 is 0.974 bits per heavy atom. The van der Waals surface area contributed by atoms with E-state index in [0.29, 0.717) is 27.6 Å². The van der Waals surface area contributed by atoms with Crippen molar-refractivity contribution in [3.05, 3.63) is 94.0 Å². The minimum absolute atomic E-state index is 0.0100. The molecule has 3 N–H and O–H groups in total. The molecule has 0 aliphatic heterocycles. The maximum Gasteiger partial charge on any atom is 0.255 e.